The summed E-state index contributed by atoms with van der Waals surface area (Å²) >= 11 is 2.24. The van der Waals surface area contributed by atoms with Crippen LogP contribution < -0.4 is 14.4 Å². The van der Waals surface area contributed by atoms with Gasteiger partial charge in [-0.2, -0.15) is 0 Å². The summed E-state index contributed by atoms with van der Waals surface area (Å²) in [5.74, 6) is 1.61. The summed E-state index contributed by atoms with van der Waals surface area (Å²) in [4.78, 5) is 16.5. The van der Waals surface area contributed by atoms with Crippen molar-refractivity contribution in [2.24, 2.45) is 0 Å². The van der Waals surface area contributed by atoms with Gasteiger partial charge in [-0.15, -0.1) is 0 Å². The number of ether oxygens (including phenoxy) is 2. The normalized spacial score (nSPS) is 14.3. The minimum Gasteiger partial charge on any atom is -0.497 e. The number of nitrogens with zero attached hydrogens (tertiary/aromatic N) is 2. The lowest BCUT2D eigenvalue weighted by molar-refractivity contribution is -0.133. The van der Waals surface area contributed by atoms with E-state index in [0.29, 0.717) is 13.1 Å². The average Bonchev–Trinajstić information content (AvgIpc) is 2.67. The highest BCUT2D eigenvalue weighted by Gasteiger charge is 2.21. The molecule has 1 fully saturated rings. The minimum atomic E-state index is 0.0351. The van der Waals surface area contributed by atoms with Gasteiger partial charge in [0.25, 0.3) is 5.91 Å². The second kappa shape index (κ2) is 8.42. The molecule has 0 saturated carbocycles. The average molecular weight is 452 g/mol. The number of hydrogen-bond donors (Lipinski definition) is 0. The number of amides is 1. The fourth-order valence-electron chi connectivity index (χ4n) is 2.77. The van der Waals surface area contributed by atoms with E-state index in [1.54, 1.807) is 7.11 Å². The Bertz CT molecular complexity index is 696. The SMILES string of the molecule is COc1ccc(N2CCN(C(=O)COc3ccc(I)cc3)CC2)cc1. The van der Waals surface area contributed by atoms with Crippen LogP contribution in [0.5, 0.6) is 11.5 Å². The van der Waals surface area contributed by atoms with Crippen LogP contribution in [-0.2, 0) is 4.79 Å². The van der Waals surface area contributed by atoms with Crippen molar-refractivity contribution in [2.45, 2.75) is 0 Å². The smallest absolute Gasteiger partial charge is 0.260 e. The molecule has 0 spiro atoms. The molecule has 0 N–H and O–H groups in total. The summed E-state index contributed by atoms with van der Waals surface area (Å²) < 4.78 is 11.9. The maximum absolute atomic E-state index is 12.3. The van der Waals surface area contributed by atoms with Gasteiger partial charge in [0.2, 0.25) is 0 Å². The molecule has 0 unspecified atom stereocenters. The molecule has 0 radical (unpaired) electrons. The molecule has 0 aliphatic carbocycles. The Kier molecular flexibility index (Phi) is 6.01. The monoisotopic (exact) mass is 452 g/mol. The van der Waals surface area contributed by atoms with Crippen molar-refractivity contribution >= 4 is 34.2 Å². The largest absolute Gasteiger partial charge is 0.497 e. The van der Waals surface area contributed by atoms with Crippen LogP contribution in [0.25, 0.3) is 0 Å². The van der Waals surface area contributed by atoms with Gasteiger partial charge in [-0.3, -0.25) is 4.79 Å². The second-order valence-electron chi connectivity index (χ2n) is 5.81. The van der Waals surface area contributed by atoms with E-state index in [-0.39, 0.29) is 12.5 Å². The van der Waals surface area contributed by atoms with E-state index in [4.69, 9.17) is 9.47 Å². The summed E-state index contributed by atoms with van der Waals surface area (Å²) in [6, 6.07) is 15.7. The van der Waals surface area contributed by atoms with Gasteiger partial charge in [0.05, 0.1) is 7.11 Å². The maximum Gasteiger partial charge on any atom is 0.260 e. The van der Waals surface area contributed by atoms with E-state index >= 15 is 0 Å². The summed E-state index contributed by atoms with van der Waals surface area (Å²) in [5, 5.41) is 0. The standard InChI is InChI=1S/C19H21IN2O3/c1-24-17-8-4-16(5-9-17)21-10-12-22(13-11-21)19(23)14-25-18-6-2-15(20)3-7-18/h2-9H,10-14H2,1H3. The first-order valence-electron chi connectivity index (χ1n) is 8.21. The molecule has 2 aromatic carbocycles. The topological polar surface area (TPSA) is 42.0 Å². The molecule has 0 bridgehead atoms. The second-order valence-corrected chi connectivity index (χ2v) is 7.05. The van der Waals surface area contributed by atoms with Crippen LogP contribution >= 0.6 is 22.6 Å². The van der Waals surface area contributed by atoms with Crippen molar-refractivity contribution in [1.29, 1.82) is 0 Å². The third kappa shape index (κ3) is 4.78. The lowest BCUT2D eigenvalue weighted by Crippen LogP contribution is -2.50. The van der Waals surface area contributed by atoms with E-state index < -0.39 is 0 Å². The van der Waals surface area contributed by atoms with Crippen molar-refractivity contribution in [2.75, 3.05) is 44.8 Å². The number of carbonyl (C=O) groups excluding carboxylic acids is 1. The van der Waals surface area contributed by atoms with E-state index in [2.05, 4.69) is 39.6 Å². The molecule has 0 atom stereocenters. The van der Waals surface area contributed by atoms with Crippen LogP contribution in [-0.4, -0.2) is 50.7 Å². The fraction of sp³-hybridized carbons (Fsp3) is 0.316. The van der Waals surface area contributed by atoms with Crippen LogP contribution in [0.4, 0.5) is 5.69 Å². The van der Waals surface area contributed by atoms with Gasteiger partial charge >= 0.3 is 0 Å². The number of rotatable bonds is 5. The molecule has 5 nitrogen and oxygen atoms in total. The molecule has 6 heteroatoms. The molecule has 1 amide bonds. The molecule has 25 heavy (non-hydrogen) atoms. The number of hydrogen-bond acceptors (Lipinski definition) is 4. The Balaban J connectivity index is 1.47. The first-order chi connectivity index (χ1) is 12.2. The predicted octanol–water partition coefficient (Wildman–Crippen LogP) is 3.03. The van der Waals surface area contributed by atoms with Gasteiger partial charge < -0.3 is 19.3 Å². The number of methoxy groups -OCH3 is 1. The highest BCUT2D eigenvalue weighted by molar-refractivity contribution is 14.1. The highest BCUT2D eigenvalue weighted by atomic mass is 127. The van der Waals surface area contributed by atoms with Gasteiger partial charge in [-0.25, -0.2) is 0 Å². The molecule has 0 aromatic heterocycles. The zero-order chi connectivity index (χ0) is 17.6. The molecule has 1 saturated heterocycles. The Morgan fingerprint density at radius 1 is 0.960 bits per heavy atom. The van der Waals surface area contributed by atoms with Gasteiger partial charge in [0.1, 0.15) is 11.5 Å². The van der Waals surface area contributed by atoms with E-state index in [9.17, 15) is 4.79 Å². The quantitative estimate of drug-likeness (QED) is 0.655. The number of benzene rings is 2. The van der Waals surface area contributed by atoms with Crippen LogP contribution in [0.3, 0.4) is 0 Å². The maximum atomic E-state index is 12.3. The molecule has 1 heterocycles. The predicted molar refractivity (Wildman–Crippen MR) is 106 cm³/mol. The third-order valence-corrected chi connectivity index (χ3v) is 4.97. The number of carbonyl (C=O) groups is 1. The van der Waals surface area contributed by atoms with E-state index in [1.165, 1.54) is 0 Å². The minimum absolute atomic E-state index is 0.0351. The molecule has 1 aliphatic rings. The van der Waals surface area contributed by atoms with Crippen molar-refractivity contribution < 1.29 is 14.3 Å². The zero-order valence-corrected chi connectivity index (χ0v) is 16.3. The summed E-state index contributed by atoms with van der Waals surface area (Å²) in [5.41, 5.74) is 1.16. The van der Waals surface area contributed by atoms with Crippen LogP contribution in [0.2, 0.25) is 0 Å². The zero-order valence-electron chi connectivity index (χ0n) is 14.2. The van der Waals surface area contributed by atoms with Gasteiger partial charge in [0.15, 0.2) is 6.61 Å². The number of halogens is 1. The van der Waals surface area contributed by atoms with Gasteiger partial charge in [-0.05, 0) is 71.1 Å². The van der Waals surface area contributed by atoms with Crippen LogP contribution in [0.1, 0.15) is 0 Å². The number of piperazine rings is 1. The van der Waals surface area contributed by atoms with E-state index in [0.717, 1.165) is 33.8 Å². The molecule has 132 valence electrons. The Hall–Kier alpha value is -1.96. The molecular formula is C19H21IN2O3. The van der Waals surface area contributed by atoms with Gasteiger partial charge in [0, 0.05) is 35.4 Å². The Morgan fingerprint density at radius 3 is 2.16 bits per heavy atom. The van der Waals surface area contributed by atoms with E-state index in [1.807, 2.05) is 41.3 Å². The molecule has 2 aromatic rings. The summed E-state index contributed by atoms with van der Waals surface area (Å²) in [6.07, 6.45) is 0. The summed E-state index contributed by atoms with van der Waals surface area (Å²) in [7, 11) is 1.66. The highest BCUT2D eigenvalue weighted by Crippen LogP contribution is 2.20. The lowest BCUT2D eigenvalue weighted by Gasteiger charge is -2.36. The van der Waals surface area contributed by atoms with Crippen molar-refractivity contribution in [3.63, 3.8) is 0 Å². The third-order valence-electron chi connectivity index (χ3n) is 4.25. The Morgan fingerprint density at radius 2 is 1.56 bits per heavy atom. The van der Waals surface area contributed by atoms with Crippen molar-refractivity contribution in [3.8, 4) is 11.5 Å². The number of anilines is 1. The Labute approximate surface area is 161 Å². The molecule has 1 aliphatic heterocycles. The fourth-order valence-corrected chi connectivity index (χ4v) is 3.13. The van der Waals surface area contributed by atoms with Crippen LogP contribution in [0.15, 0.2) is 48.5 Å². The molecular weight excluding hydrogens is 431 g/mol. The first-order valence-corrected chi connectivity index (χ1v) is 9.29. The van der Waals surface area contributed by atoms with Gasteiger partial charge in [-0.1, -0.05) is 0 Å². The van der Waals surface area contributed by atoms with Crippen molar-refractivity contribution in [3.05, 3.63) is 52.1 Å². The lowest BCUT2D eigenvalue weighted by atomic mass is 10.2. The van der Waals surface area contributed by atoms with Crippen molar-refractivity contribution in [1.82, 2.24) is 4.90 Å². The summed E-state index contributed by atoms with van der Waals surface area (Å²) in [6.45, 7) is 3.15. The van der Waals surface area contributed by atoms with Crippen LogP contribution in [0, 0.1) is 3.57 Å². The first kappa shape index (κ1) is 17.8. The molecule has 3 rings (SSSR count).